The van der Waals surface area contributed by atoms with Crippen molar-refractivity contribution in [1.29, 1.82) is 0 Å². The number of methoxy groups -OCH3 is 1. The Bertz CT molecular complexity index is 895. The zero-order chi connectivity index (χ0) is 19.4. The van der Waals surface area contributed by atoms with E-state index in [-0.39, 0.29) is 5.91 Å². The second kappa shape index (κ2) is 7.90. The van der Waals surface area contributed by atoms with Crippen LogP contribution in [0.3, 0.4) is 0 Å². The van der Waals surface area contributed by atoms with E-state index >= 15 is 0 Å². The summed E-state index contributed by atoms with van der Waals surface area (Å²) in [5, 5.41) is 5.10. The molecule has 0 unspecified atom stereocenters. The van der Waals surface area contributed by atoms with Gasteiger partial charge in [-0.05, 0) is 43.2 Å². The van der Waals surface area contributed by atoms with Crippen molar-refractivity contribution in [1.82, 2.24) is 0 Å². The highest BCUT2D eigenvalue weighted by molar-refractivity contribution is 6.43. The molecule has 0 aliphatic carbocycles. The zero-order valence-electron chi connectivity index (χ0n) is 15.2. The molecule has 7 heteroatoms. The predicted octanol–water partition coefficient (Wildman–Crippen LogP) is 2.71. The molecule has 1 heterocycles. The molecule has 0 bridgehead atoms. The lowest BCUT2D eigenvalue weighted by molar-refractivity contribution is -0.132. The minimum Gasteiger partial charge on any atom is -0.494 e. The fourth-order valence-electron chi connectivity index (χ4n) is 2.98. The van der Waals surface area contributed by atoms with Gasteiger partial charge in [0, 0.05) is 30.4 Å². The molecule has 1 saturated heterocycles. The number of carbonyl (C=O) groups is 3. The van der Waals surface area contributed by atoms with Crippen LogP contribution in [0.2, 0.25) is 0 Å². The first-order chi connectivity index (χ1) is 13.0. The number of anilines is 3. The van der Waals surface area contributed by atoms with E-state index in [9.17, 15) is 14.4 Å². The summed E-state index contributed by atoms with van der Waals surface area (Å²) in [6.45, 7) is 2.54. The molecule has 0 aromatic heterocycles. The highest BCUT2D eigenvalue weighted by Gasteiger charge is 2.25. The lowest BCUT2D eigenvalue weighted by Gasteiger charge is -2.19. The number of rotatable bonds is 4. The van der Waals surface area contributed by atoms with Crippen molar-refractivity contribution in [3.63, 3.8) is 0 Å². The Morgan fingerprint density at radius 2 is 1.74 bits per heavy atom. The molecule has 0 spiro atoms. The van der Waals surface area contributed by atoms with E-state index in [1.165, 1.54) is 7.11 Å². The van der Waals surface area contributed by atoms with Gasteiger partial charge in [0.25, 0.3) is 0 Å². The van der Waals surface area contributed by atoms with E-state index in [4.69, 9.17) is 4.74 Å². The third-order valence-corrected chi connectivity index (χ3v) is 4.28. The van der Waals surface area contributed by atoms with Crippen LogP contribution in [0.5, 0.6) is 5.75 Å². The summed E-state index contributed by atoms with van der Waals surface area (Å²) in [7, 11) is 1.50. The van der Waals surface area contributed by atoms with Gasteiger partial charge in [0.15, 0.2) is 0 Å². The maximum Gasteiger partial charge on any atom is 0.314 e. The molecule has 7 nitrogen and oxygen atoms in total. The summed E-state index contributed by atoms with van der Waals surface area (Å²) in [5.74, 6) is -1.05. The molecular weight excluding hydrogens is 346 g/mol. The summed E-state index contributed by atoms with van der Waals surface area (Å²) >= 11 is 0. The Hall–Kier alpha value is -3.35. The lowest BCUT2D eigenvalue weighted by Crippen LogP contribution is -2.29. The van der Waals surface area contributed by atoms with Gasteiger partial charge < -0.3 is 20.3 Å². The van der Waals surface area contributed by atoms with E-state index < -0.39 is 11.8 Å². The van der Waals surface area contributed by atoms with Gasteiger partial charge in [-0.2, -0.15) is 0 Å². The van der Waals surface area contributed by atoms with Crippen molar-refractivity contribution in [3.8, 4) is 5.75 Å². The third kappa shape index (κ3) is 4.25. The number of carbonyl (C=O) groups excluding carboxylic acids is 3. The maximum atomic E-state index is 12.2. The largest absolute Gasteiger partial charge is 0.494 e. The Labute approximate surface area is 157 Å². The first-order valence-electron chi connectivity index (χ1n) is 8.65. The summed E-state index contributed by atoms with van der Waals surface area (Å²) in [5.41, 5.74) is 2.59. The van der Waals surface area contributed by atoms with Crippen molar-refractivity contribution in [2.24, 2.45) is 0 Å². The molecule has 2 N–H and O–H groups in total. The Morgan fingerprint density at radius 3 is 2.33 bits per heavy atom. The van der Waals surface area contributed by atoms with Crippen LogP contribution in [-0.4, -0.2) is 31.4 Å². The van der Waals surface area contributed by atoms with E-state index in [1.807, 2.05) is 13.0 Å². The number of hydrogen-bond acceptors (Lipinski definition) is 4. The van der Waals surface area contributed by atoms with Crippen LogP contribution in [-0.2, 0) is 14.4 Å². The quantitative estimate of drug-likeness (QED) is 0.814. The van der Waals surface area contributed by atoms with Crippen molar-refractivity contribution in [2.45, 2.75) is 19.8 Å². The molecule has 140 valence electrons. The van der Waals surface area contributed by atoms with Gasteiger partial charge in [0.1, 0.15) is 5.75 Å². The van der Waals surface area contributed by atoms with Gasteiger partial charge in [0.05, 0.1) is 12.8 Å². The Balaban J connectivity index is 1.70. The second-order valence-electron chi connectivity index (χ2n) is 6.31. The highest BCUT2D eigenvalue weighted by Crippen LogP contribution is 2.33. The van der Waals surface area contributed by atoms with Crippen molar-refractivity contribution < 1.29 is 19.1 Å². The SMILES string of the molecule is COc1cc(NC(=O)C(=O)Nc2cccc(C)c2)ccc1N1CCCC1=O. The monoisotopic (exact) mass is 367 g/mol. The average molecular weight is 367 g/mol. The fourth-order valence-corrected chi connectivity index (χ4v) is 2.98. The maximum absolute atomic E-state index is 12.2. The minimum absolute atomic E-state index is 0.0441. The molecule has 2 aromatic rings. The van der Waals surface area contributed by atoms with Gasteiger partial charge >= 0.3 is 11.8 Å². The standard InChI is InChI=1S/C20H21N3O4/c1-13-5-3-6-14(11-13)21-19(25)20(26)22-15-8-9-16(17(12-15)27-2)23-10-4-7-18(23)24/h3,5-6,8-9,11-12H,4,7,10H2,1-2H3,(H,21,25)(H,22,26). The molecule has 1 fully saturated rings. The van der Waals surface area contributed by atoms with Gasteiger partial charge in [-0.25, -0.2) is 0 Å². The van der Waals surface area contributed by atoms with Crippen molar-refractivity contribution >= 4 is 34.8 Å². The molecular formula is C20H21N3O4. The average Bonchev–Trinajstić information content (AvgIpc) is 3.07. The number of aryl methyl sites for hydroxylation is 1. The number of amides is 3. The molecule has 0 saturated carbocycles. The topological polar surface area (TPSA) is 87.7 Å². The van der Waals surface area contributed by atoms with Gasteiger partial charge in [0.2, 0.25) is 5.91 Å². The van der Waals surface area contributed by atoms with Crippen LogP contribution in [0, 0.1) is 6.92 Å². The van der Waals surface area contributed by atoms with Crippen LogP contribution in [0.4, 0.5) is 17.1 Å². The Morgan fingerprint density at radius 1 is 1.04 bits per heavy atom. The fraction of sp³-hybridized carbons (Fsp3) is 0.250. The van der Waals surface area contributed by atoms with E-state index in [1.54, 1.807) is 41.3 Å². The van der Waals surface area contributed by atoms with E-state index in [2.05, 4.69) is 10.6 Å². The van der Waals surface area contributed by atoms with Crippen LogP contribution in [0.1, 0.15) is 18.4 Å². The van der Waals surface area contributed by atoms with E-state index in [0.717, 1.165) is 12.0 Å². The van der Waals surface area contributed by atoms with Crippen LogP contribution in [0.15, 0.2) is 42.5 Å². The number of nitrogens with zero attached hydrogens (tertiary/aromatic N) is 1. The normalized spacial score (nSPS) is 13.4. The van der Waals surface area contributed by atoms with Crippen LogP contribution in [0.25, 0.3) is 0 Å². The van der Waals surface area contributed by atoms with Crippen molar-refractivity contribution in [2.75, 3.05) is 29.2 Å². The molecule has 0 radical (unpaired) electrons. The summed E-state index contributed by atoms with van der Waals surface area (Å²) in [6.07, 6.45) is 1.32. The van der Waals surface area contributed by atoms with Crippen LogP contribution < -0.4 is 20.3 Å². The minimum atomic E-state index is -0.788. The molecule has 3 rings (SSSR count). The zero-order valence-corrected chi connectivity index (χ0v) is 15.2. The summed E-state index contributed by atoms with van der Waals surface area (Å²) in [6, 6.07) is 12.1. The summed E-state index contributed by atoms with van der Waals surface area (Å²) < 4.78 is 5.35. The molecule has 1 aliphatic heterocycles. The molecule has 27 heavy (non-hydrogen) atoms. The summed E-state index contributed by atoms with van der Waals surface area (Å²) in [4.78, 5) is 37.9. The molecule has 3 amide bonds. The van der Waals surface area contributed by atoms with E-state index in [0.29, 0.717) is 35.8 Å². The number of hydrogen-bond donors (Lipinski definition) is 2. The molecule has 0 atom stereocenters. The van der Waals surface area contributed by atoms with Gasteiger partial charge in [-0.3, -0.25) is 14.4 Å². The predicted molar refractivity (Wildman–Crippen MR) is 103 cm³/mol. The van der Waals surface area contributed by atoms with Crippen molar-refractivity contribution in [3.05, 3.63) is 48.0 Å². The first-order valence-corrected chi connectivity index (χ1v) is 8.65. The number of ether oxygens (including phenoxy) is 1. The van der Waals surface area contributed by atoms with Crippen LogP contribution >= 0.6 is 0 Å². The molecule has 2 aromatic carbocycles. The highest BCUT2D eigenvalue weighted by atomic mass is 16.5. The second-order valence-corrected chi connectivity index (χ2v) is 6.31. The van der Waals surface area contributed by atoms with Gasteiger partial charge in [-0.1, -0.05) is 12.1 Å². The number of nitrogens with one attached hydrogen (secondary N) is 2. The smallest absolute Gasteiger partial charge is 0.314 e. The molecule has 1 aliphatic rings. The lowest BCUT2D eigenvalue weighted by atomic mass is 10.2. The van der Waals surface area contributed by atoms with Gasteiger partial charge in [-0.15, -0.1) is 0 Å². The third-order valence-electron chi connectivity index (χ3n) is 4.28. The first kappa shape index (κ1) is 18.4. The number of benzene rings is 2. The Kier molecular flexibility index (Phi) is 5.40.